The second-order valence-corrected chi connectivity index (χ2v) is 7.26. The van der Waals surface area contributed by atoms with Gasteiger partial charge in [0.2, 0.25) is 0 Å². The highest BCUT2D eigenvalue weighted by Gasteiger charge is 2.25. The summed E-state index contributed by atoms with van der Waals surface area (Å²) in [7, 11) is -3.33. The van der Waals surface area contributed by atoms with E-state index in [1.807, 2.05) is 25.1 Å². The molecular weight excluding hydrogens is 276 g/mol. The van der Waals surface area contributed by atoms with Gasteiger partial charge in [-0.2, -0.15) is 17.4 Å². The Morgan fingerprint density at radius 2 is 2.10 bits per heavy atom. The van der Waals surface area contributed by atoms with Crippen molar-refractivity contribution in [3.63, 3.8) is 0 Å². The third-order valence-electron chi connectivity index (χ3n) is 3.82. The number of ether oxygens (including phenoxy) is 1. The molecule has 1 saturated heterocycles. The van der Waals surface area contributed by atoms with E-state index >= 15 is 0 Å². The van der Waals surface area contributed by atoms with Crippen LogP contribution in [0.4, 0.5) is 0 Å². The zero-order chi connectivity index (χ0) is 14.2. The monoisotopic (exact) mass is 296 g/mol. The van der Waals surface area contributed by atoms with Crippen LogP contribution >= 0.6 is 0 Å². The maximum absolute atomic E-state index is 12.1. The largest absolute Gasteiger partial charge is 0.490 e. The molecule has 0 aromatic heterocycles. The summed E-state index contributed by atoms with van der Waals surface area (Å²) in [6.45, 7) is 3.63. The van der Waals surface area contributed by atoms with E-state index in [1.54, 1.807) is 0 Å². The maximum Gasteiger partial charge on any atom is 0.279 e. The number of hydrogen-bond acceptors (Lipinski definition) is 3. The van der Waals surface area contributed by atoms with Gasteiger partial charge < -0.3 is 4.74 Å². The number of benzene rings is 1. The molecule has 2 heterocycles. The molecule has 20 heavy (non-hydrogen) atoms. The van der Waals surface area contributed by atoms with Gasteiger partial charge in [0.15, 0.2) is 0 Å². The molecular formula is C14H20N2O3S. The first-order chi connectivity index (χ1) is 9.54. The minimum Gasteiger partial charge on any atom is -0.490 e. The lowest BCUT2D eigenvalue weighted by atomic mass is 10.1. The molecule has 2 aliphatic rings. The van der Waals surface area contributed by atoms with E-state index in [2.05, 4.69) is 4.72 Å². The molecule has 1 fully saturated rings. The van der Waals surface area contributed by atoms with E-state index in [-0.39, 0.29) is 6.10 Å². The van der Waals surface area contributed by atoms with Crippen LogP contribution in [0, 0.1) is 0 Å². The van der Waals surface area contributed by atoms with Gasteiger partial charge in [-0.1, -0.05) is 12.1 Å². The highest BCUT2D eigenvalue weighted by molar-refractivity contribution is 7.87. The van der Waals surface area contributed by atoms with Crippen LogP contribution in [-0.4, -0.2) is 31.9 Å². The molecule has 0 unspecified atom stereocenters. The predicted octanol–water partition coefficient (Wildman–Crippen LogP) is 1.44. The summed E-state index contributed by atoms with van der Waals surface area (Å²) in [5.41, 5.74) is 2.14. The summed E-state index contributed by atoms with van der Waals surface area (Å²) in [5.74, 6) is 0.920. The minimum atomic E-state index is -3.33. The first-order valence-electron chi connectivity index (χ1n) is 7.08. The van der Waals surface area contributed by atoms with Crippen molar-refractivity contribution in [2.75, 3.05) is 13.1 Å². The van der Waals surface area contributed by atoms with Gasteiger partial charge in [-0.05, 0) is 37.0 Å². The van der Waals surface area contributed by atoms with Crippen LogP contribution in [0.25, 0.3) is 0 Å². The summed E-state index contributed by atoms with van der Waals surface area (Å²) in [5, 5.41) is 0. The summed E-state index contributed by atoms with van der Waals surface area (Å²) >= 11 is 0. The molecule has 3 rings (SSSR count). The molecule has 1 aromatic carbocycles. The van der Waals surface area contributed by atoms with Gasteiger partial charge in [0, 0.05) is 26.1 Å². The van der Waals surface area contributed by atoms with Gasteiger partial charge in [-0.15, -0.1) is 0 Å². The van der Waals surface area contributed by atoms with Crippen LogP contribution in [0.3, 0.4) is 0 Å². The average Bonchev–Trinajstić information content (AvgIpc) is 3.04. The summed E-state index contributed by atoms with van der Waals surface area (Å²) in [6.07, 6.45) is 3.01. The third kappa shape index (κ3) is 2.82. The van der Waals surface area contributed by atoms with Crippen LogP contribution in [0.2, 0.25) is 0 Å². The zero-order valence-electron chi connectivity index (χ0n) is 11.6. The van der Waals surface area contributed by atoms with Gasteiger partial charge >= 0.3 is 0 Å². The molecule has 1 aromatic rings. The van der Waals surface area contributed by atoms with Crippen molar-refractivity contribution in [1.82, 2.24) is 9.03 Å². The maximum atomic E-state index is 12.1. The quantitative estimate of drug-likeness (QED) is 0.914. The lowest BCUT2D eigenvalue weighted by molar-refractivity contribution is 0.254. The first kappa shape index (κ1) is 13.9. The molecule has 0 radical (unpaired) electrons. The van der Waals surface area contributed by atoms with Crippen LogP contribution in [0.15, 0.2) is 18.2 Å². The first-order valence-corrected chi connectivity index (χ1v) is 8.52. The number of hydrogen-bond donors (Lipinski definition) is 1. The van der Waals surface area contributed by atoms with E-state index in [0.717, 1.165) is 36.1 Å². The molecule has 0 amide bonds. The Balaban J connectivity index is 1.66. The normalized spacial score (nSPS) is 22.8. The second-order valence-electron chi connectivity index (χ2n) is 5.51. The van der Waals surface area contributed by atoms with Crippen LogP contribution in [0.1, 0.15) is 30.9 Å². The van der Waals surface area contributed by atoms with Gasteiger partial charge in [-0.3, -0.25) is 0 Å². The van der Waals surface area contributed by atoms with Gasteiger partial charge in [0.25, 0.3) is 10.2 Å². The predicted molar refractivity (Wildman–Crippen MR) is 76.8 cm³/mol. The van der Waals surface area contributed by atoms with Crippen molar-refractivity contribution in [2.24, 2.45) is 0 Å². The Bertz CT molecular complexity index is 594. The van der Waals surface area contributed by atoms with Crippen molar-refractivity contribution < 1.29 is 13.2 Å². The molecule has 1 N–H and O–H groups in total. The van der Waals surface area contributed by atoms with Crippen LogP contribution < -0.4 is 9.46 Å². The molecule has 110 valence electrons. The fraction of sp³-hybridized carbons (Fsp3) is 0.571. The molecule has 0 bridgehead atoms. The molecule has 0 aliphatic carbocycles. The van der Waals surface area contributed by atoms with Crippen molar-refractivity contribution in [1.29, 1.82) is 0 Å². The lowest BCUT2D eigenvalue weighted by Gasteiger charge is -2.16. The molecule has 6 heteroatoms. The van der Waals surface area contributed by atoms with Gasteiger partial charge in [0.1, 0.15) is 11.9 Å². The van der Waals surface area contributed by atoms with E-state index in [1.165, 1.54) is 4.31 Å². The van der Waals surface area contributed by atoms with Crippen molar-refractivity contribution >= 4 is 10.2 Å². The van der Waals surface area contributed by atoms with Crippen LogP contribution in [-0.2, 0) is 23.2 Å². The Morgan fingerprint density at radius 3 is 2.85 bits per heavy atom. The smallest absolute Gasteiger partial charge is 0.279 e. The molecule has 2 aliphatic heterocycles. The summed E-state index contributed by atoms with van der Waals surface area (Å²) in [6, 6.07) is 5.88. The Morgan fingerprint density at radius 1 is 1.35 bits per heavy atom. The summed E-state index contributed by atoms with van der Waals surface area (Å²) in [4.78, 5) is 0. The molecule has 1 atom stereocenters. The fourth-order valence-electron chi connectivity index (χ4n) is 2.78. The van der Waals surface area contributed by atoms with E-state index in [4.69, 9.17) is 4.74 Å². The lowest BCUT2D eigenvalue weighted by Crippen LogP contribution is -2.38. The van der Waals surface area contributed by atoms with Gasteiger partial charge in [-0.25, -0.2) is 0 Å². The minimum absolute atomic E-state index is 0.210. The number of rotatable bonds is 4. The summed E-state index contributed by atoms with van der Waals surface area (Å²) < 4.78 is 34.0. The second kappa shape index (κ2) is 5.35. The standard InChI is InChI=1S/C14H20N2O3S/c1-11-8-13-9-12(4-5-14(13)19-11)10-15-20(17,18)16-6-2-3-7-16/h4-5,9,11,15H,2-3,6-8,10H2,1H3/t11-/m0/s1. The van der Waals surface area contributed by atoms with E-state index in [0.29, 0.717) is 19.6 Å². The molecule has 0 spiro atoms. The zero-order valence-corrected chi connectivity index (χ0v) is 12.4. The van der Waals surface area contributed by atoms with Gasteiger partial charge in [0.05, 0.1) is 0 Å². The number of nitrogens with one attached hydrogen (secondary N) is 1. The van der Waals surface area contributed by atoms with Crippen molar-refractivity contribution in [3.8, 4) is 5.75 Å². The Kier molecular flexibility index (Phi) is 3.70. The van der Waals surface area contributed by atoms with E-state index < -0.39 is 10.2 Å². The Hall–Kier alpha value is -1.11. The number of nitrogens with zero attached hydrogens (tertiary/aromatic N) is 1. The fourth-order valence-corrected chi connectivity index (χ4v) is 4.05. The van der Waals surface area contributed by atoms with E-state index in [9.17, 15) is 8.42 Å². The third-order valence-corrected chi connectivity index (χ3v) is 5.38. The van der Waals surface area contributed by atoms with Crippen molar-refractivity contribution in [3.05, 3.63) is 29.3 Å². The van der Waals surface area contributed by atoms with Crippen LogP contribution in [0.5, 0.6) is 5.75 Å². The van der Waals surface area contributed by atoms with Crippen molar-refractivity contribution in [2.45, 2.75) is 38.8 Å². The topological polar surface area (TPSA) is 58.6 Å². The SMILES string of the molecule is C[C@H]1Cc2cc(CNS(=O)(=O)N3CCCC3)ccc2O1. The Labute approximate surface area is 120 Å². The molecule has 5 nitrogen and oxygen atoms in total. The highest BCUT2D eigenvalue weighted by Crippen LogP contribution is 2.29. The molecule has 0 saturated carbocycles. The highest BCUT2D eigenvalue weighted by atomic mass is 32.2. The average molecular weight is 296 g/mol. The number of fused-ring (bicyclic) bond motifs is 1.